The monoisotopic (exact) mass is 332 g/mol. The first-order valence-electron chi connectivity index (χ1n) is 6.82. The van der Waals surface area contributed by atoms with Crippen LogP contribution >= 0.6 is 27.5 Å². The Hall–Kier alpha value is -0.210. The molecule has 0 bridgehead atoms. The van der Waals surface area contributed by atoms with E-state index >= 15 is 0 Å². The van der Waals surface area contributed by atoms with Gasteiger partial charge in [0.25, 0.3) is 0 Å². The number of unbranched alkanes of at least 4 members (excludes halogenated alkanes) is 6. The maximum atomic E-state index is 6.05. The molecule has 0 amide bonds. The van der Waals surface area contributed by atoms with E-state index in [1.165, 1.54) is 38.5 Å². The van der Waals surface area contributed by atoms with Gasteiger partial charge in [0, 0.05) is 4.47 Å². The molecule has 3 heteroatoms. The van der Waals surface area contributed by atoms with E-state index in [9.17, 15) is 0 Å². The van der Waals surface area contributed by atoms with Gasteiger partial charge in [0.1, 0.15) is 5.75 Å². The van der Waals surface area contributed by atoms with Crippen LogP contribution in [-0.2, 0) is 0 Å². The van der Waals surface area contributed by atoms with Gasteiger partial charge in [0.15, 0.2) is 0 Å². The lowest BCUT2D eigenvalue weighted by Crippen LogP contribution is -1.97. The number of halogens is 2. The molecule has 0 saturated carbocycles. The molecule has 0 radical (unpaired) electrons. The average molecular weight is 334 g/mol. The summed E-state index contributed by atoms with van der Waals surface area (Å²) in [5.41, 5.74) is 0. The van der Waals surface area contributed by atoms with Crippen molar-refractivity contribution in [1.29, 1.82) is 0 Å². The Balaban J connectivity index is 2.09. The second kappa shape index (κ2) is 9.69. The molecule has 1 nitrogen and oxygen atoms in total. The molecule has 1 rings (SSSR count). The van der Waals surface area contributed by atoms with Crippen LogP contribution in [0.5, 0.6) is 5.75 Å². The molecule has 18 heavy (non-hydrogen) atoms. The molecule has 0 aliphatic carbocycles. The molecule has 0 aliphatic rings. The normalized spacial score (nSPS) is 10.6. The zero-order valence-electron chi connectivity index (χ0n) is 11.1. The molecule has 0 atom stereocenters. The average Bonchev–Trinajstić information content (AvgIpc) is 2.36. The van der Waals surface area contributed by atoms with Gasteiger partial charge in [-0.05, 0) is 24.6 Å². The molecule has 1 aromatic carbocycles. The van der Waals surface area contributed by atoms with E-state index in [1.807, 2.05) is 18.2 Å². The fraction of sp³-hybridized carbons (Fsp3) is 0.600. The summed E-state index contributed by atoms with van der Waals surface area (Å²) < 4.78 is 6.68. The summed E-state index contributed by atoms with van der Waals surface area (Å²) in [7, 11) is 0. The Labute approximate surface area is 124 Å². The molecule has 1 aromatic rings. The largest absolute Gasteiger partial charge is 0.492 e. The third-order valence-electron chi connectivity index (χ3n) is 2.90. The van der Waals surface area contributed by atoms with Gasteiger partial charge in [-0.25, -0.2) is 0 Å². The first-order chi connectivity index (χ1) is 8.74. The topological polar surface area (TPSA) is 9.23 Å². The second-order valence-electron chi connectivity index (χ2n) is 4.54. The predicted octanol–water partition coefficient (Wildman–Crippen LogP) is 6.23. The number of ether oxygens (including phenoxy) is 1. The van der Waals surface area contributed by atoms with E-state index in [4.69, 9.17) is 16.3 Å². The van der Waals surface area contributed by atoms with Crippen LogP contribution in [0.2, 0.25) is 5.02 Å². The Morgan fingerprint density at radius 1 is 1.06 bits per heavy atom. The fourth-order valence-electron chi connectivity index (χ4n) is 1.83. The van der Waals surface area contributed by atoms with Crippen molar-refractivity contribution in [2.24, 2.45) is 0 Å². The second-order valence-corrected chi connectivity index (χ2v) is 5.87. The summed E-state index contributed by atoms with van der Waals surface area (Å²) in [6, 6.07) is 5.69. The van der Waals surface area contributed by atoms with Gasteiger partial charge in [-0.1, -0.05) is 73.0 Å². The van der Waals surface area contributed by atoms with Gasteiger partial charge in [0.2, 0.25) is 0 Å². The van der Waals surface area contributed by atoms with Crippen LogP contribution in [0, 0.1) is 0 Å². The molecule has 0 unspecified atom stereocenters. The highest BCUT2D eigenvalue weighted by Crippen LogP contribution is 2.28. The minimum absolute atomic E-state index is 0.682. The molecular formula is C15H22BrClO. The summed E-state index contributed by atoms with van der Waals surface area (Å²) in [4.78, 5) is 0. The summed E-state index contributed by atoms with van der Waals surface area (Å²) in [6.07, 6.45) is 9.06. The van der Waals surface area contributed by atoms with Crippen molar-refractivity contribution in [3.05, 3.63) is 27.7 Å². The summed E-state index contributed by atoms with van der Waals surface area (Å²) >= 11 is 9.46. The van der Waals surface area contributed by atoms with Crippen LogP contribution in [0.15, 0.2) is 22.7 Å². The van der Waals surface area contributed by atoms with Crippen molar-refractivity contribution in [1.82, 2.24) is 0 Å². The molecule has 0 N–H and O–H groups in total. The van der Waals surface area contributed by atoms with Gasteiger partial charge in [-0.15, -0.1) is 0 Å². The highest BCUT2D eigenvalue weighted by atomic mass is 79.9. The van der Waals surface area contributed by atoms with E-state index < -0.39 is 0 Å². The van der Waals surface area contributed by atoms with Crippen LogP contribution in [0.3, 0.4) is 0 Å². The van der Waals surface area contributed by atoms with Crippen LogP contribution in [0.4, 0.5) is 0 Å². The van der Waals surface area contributed by atoms with E-state index in [1.54, 1.807) is 0 Å². The summed E-state index contributed by atoms with van der Waals surface area (Å²) in [5.74, 6) is 0.775. The zero-order chi connectivity index (χ0) is 13.2. The highest BCUT2D eigenvalue weighted by molar-refractivity contribution is 9.10. The zero-order valence-corrected chi connectivity index (χ0v) is 13.4. The van der Waals surface area contributed by atoms with Crippen molar-refractivity contribution in [3.8, 4) is 5.75 Å². The Bertz CT molecular complexity index is 341. The quantitative estimate of drug-likeness (QED) is 0.486. The van der Waals surface area contributed by atoms with E-state index in [2.05, 4.69) is 22.9 Å². The minimum Gasteiger partial charge on any atom is -0.492 e. The maximum absolute atomic E-state index is 6.05. The molecule has 102 valence electrons. The minimum atomic E-state index is 0.682. The summed E-state index contributed by atoms with van der Waals surface area (Å²) in [6.45, 7) is 3.00. The van der Waals surface area contributed by atoms with Crippen LogP contribution in [0.1, 0.15) is 51.9 Å². The van der Waals surface area contributed by atoms with Crippen LogP contribution in [-0.4, -0.2) is 6.61 Å². The van der Waals surface area contributed by atoms with Crippen molar-refractivity contribution >= 4 is 27.5 Å². The molecule has 0 heterocycles. The van der Waals surface area contributed by atoms with Crippen LogP contribution in [0.25, 0.3) is 0 Å². The number of benzene rings is 1. The summed E-state index contributed by atoms with van der Waals surface area (Å²) in [5, 5.41) is 0.682. The van der Waals surface area contributed by atoms with Gasteiger partial charge in [-0.2, -0.15) is 0 Å². The Morgan fingerprint density at radius 2 is 1.72 bits per heavy atom. The Kier molecular flexibility index (Phi) is 8.53. The lowest BCUT2D eigenvalue weighted by Gasteiger charge is -2.08. The number of hydrogen-bond acceptors (Lipinski definition) is 1. The molecule has 0 spiro atoms. The molecule has 0 fully saturated rings. The maximum Gasteiger partial charge on any atom is 0.139 e. The third kappa shape index (κ3) is 6.65. The van der Waals surface area contributed by atoms with E-state index in [-0.39, 0.29) is 0 Å². The first-order valence-corrected chi connectivity index (χ1v) is 7.99. The predicted molar refractivity (Wildman–Crippen MR) is 82.6 cm³/mol. The molecular weight excluding hydrogens is 312 g/mol. The van der Waals surface area contributed by atoms with Crippen LogP contribution < -0.4 is 4.74 Å². The lowest BCUT2D eigenvalue weighted by molar-refractivity contribution is 0.304. The fourth-order valence-corrected chi connectivity index (χ4v) is 2.34. The number of hydrogen-bond donors (Lipinski definition) is 0. The van der Waals surface area contributed by atoms with E-state index in [0.717, 1.165) is 23.2 Å². The van der Waals surface area contributed by atoms with Crippen molar-refractivity contribution in [2.45, 2.75) is 51.9 Å². The van der Waals surface area contributed by atoms with Gasteiger partial charge >= 0.3 is 0 Å². The Morgan fingerprint density at radius 3 is 2.44 bits per heavy atom. The smallest absolute Gasteiger partial charge is 0.139 e. The van der Waals surface area contributed by atoms with Gasteiger partial charge < -0.3 is 4.74 Å². The SMILES string of the molecule is CCCCCCCCCOc1cc(Br)ccc1Cl. The van der Waals surface area contributed by atoms with E-state index in [0.29, 0.717) is 5.02 Å². The van der Waals surface area contributed by atoms with Crippen molar-refractivity contribution in [3.63, 3.8) is 0 Å². The highest BCUT2D eigenvalue weighted by Gasteiger charge is 2.01. The molecule has 0 saturated heterocycles. The van der Waals surface area contributed by atoms with Crippen molar-refractivity contribution in [2.75, 3.05) is 6.61 Å². The third-order valence-corrected chi connectivity index (χ3v) is 3.70. The van der Waals surface area contributed by atoms with Gasteiger partial charge in [0.05, 0.1) is 11.6 Å². The first kappa shape index (κ1) is 15.8. The standard InChI is InChI=1S/C15H22BrClO/c1-2-3-4-5-6-7-8-11-18-15-12-13(16)9-10-14(15)17/h9-10,12H,2-8,11H2,1H3. The number of rotatable bonds is 9. The molecule has 0 aliphatic heterocycles. The lowest BCUT2D eigenvalue weighted by atomic mass is 10.1. The van der Waals surface area contributed by atoms with Crippen molar-refractivity contribution < 1.29 is 4.74 Å². The van der Waals surface area contributed by atoms with Gasteiger partial charge in [-0.3, -0.25) is 0 Å². The molecule has 0 aromatic heterocycles.